The van der Waals surface area contributed by atoms with Gasteiger partial charge < -0.3 is 5.32 Å². The summed E-state index contributed by atoms with van der Waals surface area (Å²) in [5.41, 5.74) is 0. The summed E-state index contributed by atoms with van der Waals surface area (Å²) in [4.78, 5) is 0. The second-order valence-corrected chi connectivity index (χ2v) is 2.07. The molecule has 1 heterocycles. The van der Waals surface area contributed by atoms with Gasteiger partial charge in [0.05, 0.1) is 0 Å². The van der Waals surface area contributed by atoms with Crippen molar-refractivity contribution >= 4 is 0 Å². The predicted octanol–water partition coefficient (Wildman–Crippen LogP) is 0.730. The summed E-state index contributed by atoms with van der Waals surface area (Å²) in [5.74, 6) is 0.0509. The number of alkyl halides is 1. The highest BCUT2D eigenvalue weighted by molar-refractivity contribution is 4.92. The van der Waals surface area contributed by atoms with Gasteiger partial charge in [-0.2, -0.15) is 0 Å². The number of hydrogen-bond donors (Lipinski definition) is 1. The van der Waals surface area contributed by atoms with E-state index in [1.54, 1.807) is 6.08 Å². The Morgan fingerprint density at radius 3 is 2.62 bits per heavy atom. The van der Waals surface area contributed by atoms with E-state index in [2.05, 4.69) is 11.9 Å². The van der Waals surface area contributed by atoms with Crippen LogP contribution in [0.4, 0.5) is 4.39 Å². The minimum absolute atomic E-state index is 0.0509. The van der Waals surface area contributed by atoms with Crippen LogP contribution >= 0.6 is 0 Å². The lowest BCUT2D eigenvalue weighted by atomic mass is 10.1. The van der Waals surface area contributed by atoms with Gasteiger partial charge in [0.1, 0.15) is 6.17 Å². The molecule has 2 atom stereocenters. The highest BCUT2D eigenvalue weighted by atomic mass is 19.1. The zero-order valence-electron chi connectivity index (χ0n) is 4.73. The van der Waals surface area contributed by atoms with Gasteiger partial charge in [0.2, 0.25) is 0 Å². The number of rotatable bonds is 1. The molecule has 8 heavy (non-hydrogen) atoms. The lowest BCUT2D eigenvalue weighted by Gasteiger charge is -2.01. The first kappa shape index (κ1) is 5.76. The Morgan fingerprint density at radius 1 is 1.62 bits per heavy atom. The average Bonchev–Trinajstić information content (AvgIpc) is 2.14. The summed E-state index contributed by atoms with van der Waals surface area (Å²) in [5, 5.41) is 2.93. The van der Waals surface area contributed by atoms with Gasteiger partial charge in [-0.15, -0.1) is 6.58 Å². The van der Waals surface area contributed by atoms with E-state index in [0.29, 0.717) is 6.54 Å². The van der Waals surface area contributed by atoms with Crippen LogP contribution in [0.2, 0.25) is 0 Å². The Bertz CT molecular complexity index is 92.5. The van der Waals surface area contributed by atoms with E-state index in [0.717, 1.165) is 6.54 Å². The summed E-state index contributed by atoms with van der Waals surface area (Å²) in [6.07, 6.45) is 0.970. The van der Waals surface area contributed by atoms with Crippen LogP contribution < -0.4 is 5.32 Å². The maximum Gasteiger partial charge on any atom is 0.120 e. The van der Waals surface area contributed by atoms with E-state index in [-0.39, 0.29) is 5.92 Å². The first-order chi connectivity index (χ1) is 3.84. The molecule has 1 saturated heterocycles. The summed E-state index contributed by atoms with van der Waals surface area (Å²) in [6.45, 7) is 4.76. The molecule has 0 saturated carbocycles. The first-order valence-electron chi connectivity index (χ1n) is 2.82. The SMILES string of the molecule is C=C[C@H]1CNC[C@H]1F. The second kappa shape index (κ2) is 2.27. The summed E-state index contributed by atoms with van der Waals surface area (Å²) in [6, 6.07) is 0. The van der Waals surface area contributed by atoms with E-state index in [9.17, 15) is 4.39 Å². The van der Waals surface area contributed by atoms with Gasteiger partial charge in [0, 0.05) is 19.0 Å². The van der Waals surface area contributed by atoms with Crippen molar-refractivity contribution in [1.29, 1.82) is 0 Å². The normalized spacial score (nSPS) is 37.6. The molecule has 2 heteroatoms. The third-order valence-electron chi connectivity index (χ3n) is 1.49. The van der Waals surface area contributed by atoms with Crippen LogP contribution in [0.15, 0.2) is 12.7 Å². The molecule has 0 amide bonds. The van der Waals surface area contributed by atoms with Crippen molar-refractivity contribution in [2.75, 3.05) is 13.1 Å². The summed E-state index contributed by atoms with van der Waals surface area (Å²) < 4.78 is 12.5. The van der Waals surface area contributed by atoms with Gasteiger partial charge in [-0.3, -0.25) is 0 Å². The maximum atomic E-state index is 12.5. The van der Waals surface area contributed by atoms with Crippen LogP contribution in [0.5, 0.6) is 0 Å². The average molecular weight is 115 g/mol. The minimum atomic E-state index is -0.701. The predicted molar refractivity (Wildman–Crippen MR) is 31.5 cm³/mol. The van der Waals surface area contributed by atoms with Crippen LogP contribution in [0.1, 0.15) is 0 Å². The maximum absolute atomic E-state index is 12.5. The van der Waals surface area contributed by atoms with Crippen molar-refractivity contribution in [2.45, 2.75) is 6.17 Å². The van der Waals surface area contributed by atoms with E-state index in [1.807, 2.05) is 0 Å². The molecule has 0 unspecified atom stereocenters. The zero-order valence-corrected chi connectivity index (χ0v) is 4.73. The molecule has 0 spiro atoms. The van der Waals surface area contributed by atoms with Crippen molar-refractivity contribution < 1.29 is 4.39 Å². The number of halogens is 1. The molecule has 1 rings (SSSR count). The lowest BCUT2D eigenvalue weighted by molar-refractivity contribution is 0.318. The minimum Gasteiger partial charge on any atom is -0.313 e. The van der Waals surface area contributed by atoms with Gasteiger partial charge in [-0.1, -0.05) is 6.08 Å². The monoisotopic (exact) mass is 115 g/mol. The molecule has 1 fully saturated rings. The molecular formula is C6H10FN. The molecular weight excluding hydrogens is 105 g/mol. The summed E-state index contributed by atoms with van der Waals surface area (Å²) in [7, 11) is 0. The fraction of sp³-hybridized carbons (Fsp3) is 0.667. The highest BCUT2D eigenvalue weighted by Crippen LogP contribution is 2.12. The topological polar surface area (TPSA) is 12.0 Å². The highest BCUT2D eigenvalue weighted by Gasteiger charge is 2.22. The number of nitrogens with one attached hydrogen (secondary N) is 1. The molecule has 1 N–H and O–H groups in total. The van der Waals surface area contributed by atoms with Crippen LogP contribution in [-0.2, 0) is 0 Å². The summed E-state index contributed by atoms with van der Waals surface area (Å²) >= 11 is 0. The van der Waals surface area contributed by atoms with Crippen molar-refractivity contribution in [2.24, 2.45) is 5.92 Å². The van der Waals surface area contributed by atoms with Gasteiger partial charge >= 0.3 is 0 Å². The Kier molecular flexibility index (Phi) is 1.63. The number of hydrogen-bond acceptors (Lipinski definition) is 1. The first-order valence-corrected chi connectivity index (χ1v) is 2.82. The van der Waals surface area contributed by atoms with Crippen LogP contribution in [0.25, 0.3) is 0 Å². The van der Waals surface area contributed by atoms with Crippen LogP contribution in [0.3, 0.4) is 0 Å². The quantitative estimate of drug-likeness (QED) is 0.497. The molecule has 0 aliphatic carbocycles. The third-order valence-corrected chi connectivity index (χ3v) is 1.49. The Hall–Kier alpha value is -0.370. The van der Waals surface area contributed by atoms with Gasteiger partial charge in [0.15, 0.2) is 0 Å². The van der Waals surface area contributed by atoms with E-state index in [1.165, 1.54) is 0 Å². The molecule has 0 bridgehead atoms. The lowest BCUT2D eigenvalue weighted by Crippen LogP contribution is -2.09. The van der Waals surface area contributed by atoms with Crippen LogP contribution in [-0.4, -0.2) is 19.3 Å². The molecule has 1 aliphatic rings. The third kappa shape index (κ3) is 0.892. The Morgan fingerprint density at radius 2 is 2.38 bits per heavy atom. The Balaban J connectivity index is 2.41. The standard InChI is InChI=1S/C6H10FN/c1-2-5-3-8-4-6(5)7/h2,5-6,8H,1,3-4H2/t5-,6+/m0/s1. The van der Waals surface area contributed by atoms with Crippen molar-refractivity contribution in [3.63, 3.8) is 0 Å². The van der Waals surface area contributed by atoms with Crippen molar-refractivity contribution in [3.05, 3.63) is 12.7 Å². The molecule has 1 nitrogen and oxygen atoms in total. The smallest absolute Gasteiger partial charge is 0.120 e. The van der Waals surface area contributed by atoms with E-state index in [4.69, 9.17) is 0 Å². The van der Waals surface area contributed by atoms with Gasteiger partial charge in [-0.05, 0) is 0 Å². The fourth-order valence-electron chi connectivity index (χ4n) is 0.898. The molecule has 0 aromatic heterocycles. The van der Waals surface area contributed by atoms with Crippen molar-refractivity contribution in [1.82, 2.24) is 5.32 Å². The van der Waals surface area contributed by atoms with E-state index < -0.39 is 6.17 Å². The molecule has 1 aliphatic heterocycles. The molecule has 0 aromatic rings. The molecule has 0 aromatic carbocycles. The largest absolute Gasteiger partial charge is 0.313 e. The Labute approximate surface area is 48.6 Å². The second-order valence-electron chi connectivity index (χ2n) is 2.07. The molecule has 0 radical (unpaired) electrons. The van der Waals surface area contributed by atoms with Gasteiger partial charge in [0.25, 0.3) is 0 Å². The van der Waals surface area contributed by atoms with Crippen molar-refractivity contribution in [3.8, 4) is 0 Å². The van der Waals surface area contributed by atoms with E-state index >= 15 is 0 Å². The fourth-order valence-corrected chi connectivity index (χ4v) is 0.898. The molecule has 46 valence electrons. The zero-order chi connectivity index (χ0) is 5.98. The van der Waals surface area contributed by atoms with Crippen LogP contribution in [0, 0.1) is 5.92 Å². The van der Waals surface area contributed by atoms with Gasteiger partial charge in [-0.25, -0.2) is 4.39 Å².